The Labute approximate surface area is 360 Å². The molecule has 1 aromatic heterocycles. The largest absolute Gasteiger partial charge is 0.456 e. The maximum absolute atomic E-state index is 6.57. The van der Waals surface area contributed by atoms with Crippen LogP contribution in [0.2, 0.25) is 0 Å². The van der Waals surface area contributed by atoms with Gasteiger partial charge in [0.05, 0.1) is 5.69 Å². The van der Waals surface area contributed by atoms with Crippen molar-refractivity contribution in [2.75, 3.05) is 4.90 Å². The molecule has 0 radical (unpaired) electrons. The molecule has 0 aliphatic rings. The van der Waals surface area contributed by atoms with Gasteiger partial charge in [-0.3, -0.25) is 0 Å². The zero-order valence-electron chi connectivity index (χ0n) is 33.9. The molecular formula is C60H39NO. The van der Waals surface area contributed by atoms with Crippen molar-refractivity contribution in [1.29, 1.82) is 0 Å². The van der Waals surface area contributed by atoms with Crippen LogP contribution in [0.4, 0.5) is 17.1 Å². The minimum absolute atomic E-state index is 0.879. The standard InChI is InChI=1S/C60H39NO/c1-2-13-46-37-49(28-25-40(46)11-1)43-31-35-51(36-32-43)61(50-33-29-42(30-34-50)41-23-26-45(27-24-41)53-19-9-16-44-12-5-6-17-52(44)53)57-21-8-7-18-54(57)55-20-10-22-58-60(55)56-38-47-14-3-4-15-48(47)39-59(56)62-58/h1-39H. The number of furan rings is 1. The summed E-state index contributed by atoms with van der Waals surface area (Å²) in [6, 6.07) is 85.5. The van der Waals surface area contributed by atoms with Crippen LogP contribution in [-0.2, 0) is 0 Å². The number of para-hydroxylation sites is 1. The molecule has 0 fully saturated rings. The molecule has 0 saturated carbocycles. The third-order valence-electron chi connectivity index (χ3n) is 12.5. The average Bonchev–Trinajstić information content (AvgIpc) is 3.71. The minimum Gasteiger partial charge on any atom is -0.456 e. The van der Waals surface area contributed by atoms with E-state index in [1.54, 1.807) is 0 Å². The molecule has 12 rings (SSSR count). The fourth-order valence-electron chi connectivity index (χ4n) is 9.35. The van der Waals surface area contributed by atoms with Gasteiger partial charge in [-0.05, 0) is 126 Å². The van der Waals surface area contributed by atoms with Crippen LogP contribution in [0.3, 0.4) is 0 Å². The van der Waals surface area contributed by atoms with Crippen molar-refractivity contribution >= 4 is 71.3 Å². The summed E-state index contributed by atoms with van der Waals surface area (Å²) in [5, 5.41) is 9.60. The molecule has 0 saturated heterocycles. The average molecular weight is 790 g/mol. The number of hydrogen-bond acceptors (Lipinski definition) is 2. The van der Waals surface area contributed by atoms with E-state index in [2.05, 4.69) is 241 Å². The number of rotatable bonds is 7. The molecule has 12 aromatic rings. The predicted octanol–water partition coefficient (Wildman–Crippen LogP) is 17.2. The van der Waals surface area contributed by atoms with Crippen molar-refractivity contribution in [3.8, 4) is 44.5 Å². The Kier molecular flexibility index (Phi) is 8.53. The summed E-state index contributed by atoms with van der Waals surface area (Å²) in [5.41, 5.74) is 14.4. The van der Waals surface area contributed by atoms with E-state index in [0.29, 0.717) is 0 Å². The quantitative estimate of drug-likeness (QED) is 0.160. The van der Waals surface area contributed by atoms with E-state index in [1.165, 1.54) is 65.7 Å². The molecule has 62 heavy (non-hydrogen) atoms. The fourth-order valence-corrected chi connectivity index (χ4v) is 9.35. The zero-order chi connectivity index (χ0) is 41.0. The molecule has 0 N–H and O–H groups in total. The number of benzene rings is 11. The topological polar surface area (TPSA) is 16.4 Å². The van der Waals surface area contributed by atoms with E-state index in [9.17, 15) is 0 Å². The van der Waals surface area contributed by atoms with E-state index in [0.717, 1.165) is 50.1 Å². The second-order valence-corrected chi connectivity index (χ2v) is 16.1. The van der Waals surface area contributed by atoms with Gasteiger partial charge in [0.25, 0.3) is 0 Å². The first-order valence-corrected chi connectivity index (χ1v) is 21.2. The molecule has 2 nitrogen and oxygen atoms in total. The first-order chi connectivity index (χ1) is 30.7. The molecule has 0 bridgehead atoms. The van der Waals surface area contributed by atoms with Crippen LogP contribution in [0.1, 0.15) is 0 Å². The Bertz CT molecular complexity index is 3610. The number of nitrogens with zero attached hydrogens (tertiary/aromatic N) is 1. The summed E-state index contributed by atoms with van der Waals surface area (Å²) in [4.78, 5) is 2.39. The van der Waals surface area contributed by atoms with Gasteiger partial charge >= 0.3 is 0 Å². The smallest absolute Gasteiger partial charge is 0.136 e. The molecule has 0 amide bonds. The van der Waals surface area contributed by atoms with E-state index < -0.39 is 0 Å². The van der Waals surface area contributed by atoms with Gasteiger partial charge in [-0.25, -0.2) is 0 Å². The summed E-state index contributed by atoms with van der Waals surface area (Å²) in [6.45, 7) is 0. The minimum atomic E-state index is 0.879. The lowest BCUT2D eigenvalue weighted by Crippen LogP contribution is -2.11. The van der Waals surface area contributed by atoms with Gasteiger partial charge < -0.3 is 9.32 Å². The lowest BCUT2D eigenvalue weighted by Gasteiger charge is -2.28. The Morgan fingerprint density at radius 1 is 0.274 bits per heavy atom. The Morgan fingerprint density at radius 3 is 1.52 bits per heavy atom. The first-order valence-electron chi connectivity index (χ1n) is 21.2. The van der Waals surface area contributed by atoms with Crippen LogP contribution in [0.15, 0.2) is 241 Å². The Hall–Kier alpha value is -8.20. The number of anilines is 3. The maximum Gasteiger partial charge on any atom is 0.136 e. The van der Waals surface area contributed by atoms with E-state index in [4.69, 9.17) is 4.42 Å². The highest BCUT2D eigenvalue weighted by atomic mass is 16.3. The van der Waals surface area contributed by atoms with Gasteiger partial charge in [0.1, 0.15) is 11.2 Å². The monoisotopic (exact) mass is 789 g/mol. The molecule has 0 aliphatic carbocycles. The van der Waals surface area contributed by atoms with Gasteiger partial charge in [-0.15, -0.1) is 0 Å². The van der Waals surface area contributed by atoms with Crippen LogP contribution in [0, 0.1) is 0 Å². The molecule has 0 aliphatic heterocycles. The second-order valence-electron chi connectivity index (χ2n) is 16.1. The number of hydrogen-bond donors (Lipinski definition) is 0. The summed E-state index contributed by atoms with van der Waals surface area (Å²) in [7, 11) is 0. The Morgan fingerprint density at radius 2 is 0.774 bits per heavy atom. The van der Waals surface area contributed by atoms with Crippen LogP contribution in [0.5, 0.6) is 0 Å². The van der Waals surface area contributed by atoms with Crippen molar-refractivity contribution < 1.29 is 4.42 Å². The molecule has 2 heteroatoms. The summed E-state index contributed by atoms with van der Waals surface area (Å²) in [6.07, 6.45) is 0. The summed E-state index contributed by atoms with van der Waals surface area (Å²) < 4.78 is 6.57. The van der Waals surface area contributed by atoms with Gasteiger partial charge in [0, 0.05) is 27.7 Å². The SMILES string of the molecule is c1ccc(N(c2ccc(-c3ccc(-c4cccc5ccccc45)cc3)cc2)c2ccc(-c3ccc4ccccc4c3)cc2)c(-c2cccc3oc4cc5ccccc5cc4c23)c1. The third-order valence-corrected chi connectivity index (χ3v) is 12.5. The van der Waals surface area contributed by atoms with Crippen LogP contribution < -0.4 is 4.90 Å². The van der Waals surface area contributed by atoms with Crippen molar-refractivity contribution in [1.82, 2.24) is 0 Å². The predicted molar refractivity (Wildman–Crippen MR) is 263 cm³/mol. The highest BCUT2D eigenvalue weighted by Gasteiger charge is 2.21. The number of fused-ring (bicyclic) bond motifs is 6. The van der Waals surface area contributed by atoms with Gasteiger partial charge in [0.15, 0.2) is 0 Å². The van der Waals surface area contributed by atoms with Crippen LogP contribution in [-0.4, -0.2) is 0 Å². The van der Waals surface area contributed by atoms with Crippen LogP contribution in [0.25, 0.3) is 98.8 Å². The summed E-state index contributed by atoms with van der Waals surface area (Å²) in [5.74, 6) is 0. The molecular weight excluding hydrogens is 751 g/mol. The summed E-state index contributed by atoms with van der Waals surface area (Å²) >= 11 is 0. The van der Waals surface area contributed by atoms with Crippen molar-refractivity contribution in [3.63, 3.8) is 0 Å². The molecule has 0 spiro atoms. The van der Waals surface area contributed by atoms with Gasteiger partial charge in [-0.1, -0.05) is 182 Å². The molecule has 0 unspecified atom stereocenters. The highest BCUT2D eigenvalue weighted by Crippen LogP contribution is 2.46. The van der Waals surface area contributed by atoms with Crippen molar-refractivity contribution in [2.24, 2.45) is 0 Å². The third kappa shape index (κ3) is 6.20. The zero-order valence-corrected chi connectivity index (χ0v) is 33.9. The maximum atomic E-state index is 6.57. The molecule has 0 atom stereocenters. The normalized spacial score (nSPS) is 11.5. The Balaban J connectivity index is 0.972. The van der Waals surface area contributed by atoms with Crippen molar-refractivity contribution in [2.45, 2.75) is 0 Å². The van der Waals surface area contributed by atoms with Crippen LogP contribution >= 0.6 is 0 Å². The van der Waals surface area contributed by atoms with Gasteiger partial charge in [-0.2, -0.15) is 0 Å². The molecule has 11 aromatic carbocycles. The molecule has 290 valence electrons. The highest BCUT2D eigenvalue weighted by molar-refractivity contribution is 6.16. The van der Waals surface area contributed by atoms with E-state index in [-0.39, 0.29) is 0 Å². The lowest BCUT2D eigenvalue weighted by atomic mass is 9.95. The lowest BCUT2D eigenvalue weighted by molar-refractivity contribution is 0.669. The van der Waals surface area contributed by atoms with E-state index in [1.807, 2.05) is 0 Å². The molecule has 1 heterocycles. The van der Waals surface area contributed by atoms with Gasteiger partial charge in [0.2, 0.25) is 0 Å². The van der Waals surface area contributed by atoms with E-state index >= 15 is 0 Å². The fraction of sp³-hybridized carbons (Fsp3) is 0. The van der Waals surface area contributed by atoms with Crippen molar-refractivity contribution in [3.05, 3.63) is 237 Å². The second kappa shape index (κ2) is 14.8. The first kappa shape index (κ1) is 35.7.